The zero-order chi connectivity index (χ0) is 16.6. The van der Waals surface area contributed by atoms with Gasteiger partial charge < -0.3 is 4.74 Å². The van der Waals surface area contributed by atoms with Gasteiger partial charge in [-0.3, -0.25) is 4.79 Å². The van der Waals surface area contributed by atoms with Crippen LogP contribution in [0.1, 0.15) is 105 Å². The molecule has 0 fully saturated rings. The molecule has 0 rings (SSSR count). The number of rotatable bonds is 15. The Bertz CT molecular complexity index is 250. The quantitative estimate of drug-likeness (QED) is 0.254. The Kier molecular flexibility index (Phi) is 15.0. The van der Waals surface area contributed by atoms with Crippen LogP contribution in [0.15, 0.2) is 0 Å². The molecule has 0 amide bonds. The molecule has 0 bridgehead atoms. The van der Waals surface area contributed by atoms with Gasteiger partial charge in [-0.2, -0.15) is 0 Å². The summed E-state index contributed by atoms with van der Waals surface area (Å²) in [6.45, 7) is 9.65. The topological polar surface area (TPSA) is 26.3 Å². The molecule has 0 saturated heterocycles. The molecule has 22 heavy (non-hydrogen) atoms. The molecule has 0 N–H and O–H groups in total. The molecule has 0 aromatic carbocycles. The molecule has 2 nitrogen and oxygen atoms in total. The number of carbonyl (C=O) groups is 1. The summed E-state index contributed by atoms with van der Waals surface area (Å²) in [5.74, 6) is 1.37. The molecule has 0 saturated carbocycles. The van der Waals surface area contributed by atoms with Crippen molar-refractivity contribution in [3.63, 3.8) is 0 Å². The Morgan fingerprint density at radius 2 is 1.55 bits per heavy atom. The Balaban J connectivity index is 3.72. The molecule has 2 atom stereocenters. The van der Waals surface area contributed by atoms with E-state index in [-0.39, 0.29) is 5.97 Å². The molecular formula is C20H40O2. The van der Waals surface area contributed by atoms with Crippen LogP contribution in [0.4, 0.5) is 0 Å². The second-order valence-corrected chi connectivity index (χ2v) is 6.95. The fourth-order valence-corrected chi connectivity index (χ4v) is 2.78. The summed E-state index contributed by atoms with van der Waals surface area (Å²) in [5, 5.41) is 0. The Hall–Kier alpha value is -0.530. The molecule has 2 heteroatoms. The molecule has 0 aliphatic heterocycles. The number of hydrogen-bond donors (Lipinski definition) is 0. The number of unbranched alkanes of at least 4 members (excludes halogenated alkanes) is 5. The lowest BCUT2D eigenvalue weighted by Crippen LogP contribution is -2.15. The van der Waals surface area contributed by atoms with Crippen molar-refractivity contribution in [1.82, 2.24) is 0 Å². The van der Waals surface area contributed by atoms with Crippen molar-refractivity contribution in [2.24, 2.45) is 11.8 Å². The van der Waals surface area contributed by atoms with Crippen LogP contribution >= 0.6 is 0 Å². The molecule has 0 aliphatic carbocycles. The van der Waals surface area contributed by atoms with Crippen LogP contribution in [0.2, 0.25) is 0 Å². The van der Waals surface area contributed by atoms with Crippen LogP contribution in [0.5, 0.6) is 0 Å². The molecule has 0 heterocycles. The summed E-state index contributed by atoms with van der Waals surface area (Å²) in [5.41, 5.74) is 0. The molecule has 0 aromatic rings. The van der Waals surface area contributed by atoms with E-state index < -0.39 is 0 Å². The summed E-state index contributed by atoms with van der Waals surface area (Å²) < 4.78 is 5.51. The minimum atomic E-state index is 0.0140. The first kappa shape index (κ1) is 21.5. The van der Waals surface area contributed by atoms with E-state index >= 15 is 0 Å². The van der Waals surface area contributed by atoms with E-state index in [4.69, 9.17) is 4.74 Å². The van der Waals surface area contributed by atoms with Crippen molar-refractivity contribution in [2.75, 3.05) is 6.61 Å². The Morgan fingerprint density at radius 3 is 2.18 bits per heavy atom. The van der Waals surface area contributed by atoms with Gasteiger partial charge in [0.25, 0.3) is 0 Å². The maximum Gasteiger partial charge on any atom is 0.305 e. The first-order valence-electron chi connectivity index (χ1n) is 9.79. The monoisotopic (exact) mass is 312 g/mol. The SMILES string of the molecule is CCCCCCCCC(=O)OCC(CCC)CCC(C)CC. The molecule has 132 valence electrons. The van der Waals surface area contributed by atoms with Gasteiger partial charge in [0.1, 0.15) is 0 Å². The van der Waals surface area contributed by atoms with E-state index in [0.29, 0.717) is 18.9 Å². The Morgan fingerprint density at radius 1 is 0.864 bits per heavy atom. The van der Waals surface area contributed by atoms with Gasteiger partial charge in [0, 0.05) is 6.42 Å². The molecule has 0 spiro atoms. The van der Waals surface area contributed by atoms with Gasteiger partial charge in [-0.05, 0) is 31.1 Å². The standard InChI is InChI=1S/C20H40O2/c1-5-8-9-10-11-12-14-20(21)22-17-19(13-6-2)16-15-18(4)7-3/h18-19H,5-17H2,1-4H3. The van der Waals surface area contributed by atoms with Gasteiger partial charge >= 0.3 is 5.97 Å². The summed E-state index contributed by atoms with van der Waals surface area (Å²) in [6.07, 6.45) is 14.0. The molecule has 2 unspecified atom stereocenters. The van der Waals surface area contributed by atoms with Crippen LogP contribution in [-0.2, 0) is 9.53 Å². The van der Waals surface area contributed by atoms with Gasteiger partial charge in [0.15, 0.2) is 0 Å². The molecular weight excluding hydrogens is 272 g/mol. The third-order valence-electron chi connectivity index (χ3n) is 4.68. The fourth-order valence-electron chi connectivity index (χ4n) is 2.78. The summed E-state index contributed by atoms with van der Waals surface area (Å²) >= 11 is 0. The highest BCUT2D eigenvalue weighted by Crippen LogP contribution is 2.19. The van der Waals surface area contributed by atoms with Gasteiger partial charge in [0.2, 0.25) is 0 Å². The lowest BCUT2D eigenvalue weighted by atomic mass is 9.93. The van der Waals surface area contributed by atoms with Gasteiger partial charge in [-0.25, -0.2) is 0 Å². The third-order valence-corrected chi connectivity index (χ3v) is 4.68. The zero-order valence-electron chi connectivity index (χ0n) is 15.7. The average Bonchev–Trinajstić information content (AvgIpc) is 2.52. The van der Waals surface area contributed by atoms with Crippen molar-refractivity contribution >= 4 is 5.97 Å². The first-order valence-corrected chi connectivity index (χ1v) is 9.79. The van der Waals surface area contributed by atoms with E-state index in [0.717, 1.165) is 12.3 Å². The predicted molar refractivity (Wildman–Crippen MR) is 96.0 cm³/mol. The second-order valence-electron chi connectivity index (χ2n) is 6.95. The predicted octanol–water partition coefficient (Wildman–Crippen LogP) is 6.52. The lowest BCUT2D eigenvalue weighted by Gasteiger charge is -2.18. The summed E-state index contributed by atoms with van der Waals surface area (Å²) in [4.78, 5) is 11.8. The Labute approximate surface area is 139 Å². The zero-order valence-corrected chi connectivity index (χ0v) is 15.7. The van der Waals surface area contributed by atoms with Crippen LogP contribution in [-0.4, -0.2) is 12.6 Å². The largest absolute Gasteiger partial charge is 0.465 e. The molecule has 0 aliphatic rings. The van der Waals surface area contributed by atoms with E-state index in [1.165, 1.54) is 64.2 Å². The minimum absolute atomic E-state index is 0.0140. The van der Waals surface area contributed by atoms with Crippen molar-refractivity contribution in [3.8, 4) is 0 Å². The van der Waals surface area contributed by atoms with Crippen LogP contribution in [0, 0.1) is 11.8 Å². The molecule has 0 aromatic heterocycles. The second kappa shape index (κ2) is 15.4. The van der Waals surface area contributed by atoms with Crippen LogP contribution in [0.25, 0.3) is 0 Å². The van der Waals surface area contributed by atoms with Gasteiger partial charge in [0.05, 0.1) is 6.61 Å². The van der Waals surface area contributed by atoms with Gasteiger partial charge in [-0.1, -0.05) is 79.1 Å². The number of hydrogen-bond acceptors (Lipinski definition) is 2. The van der Waals surface area contributed by atoms with Crippen LogP contribution in [0.3, 0.4) is 0 Å². The van der Waals surface area contributed by atoms with E-state index in [9.17, 15) is 4.79 Å². The summed E-state index contributed by atoms with van der Waals surface area (Å²) in [6, 6.07) is 0. The van der Waals surface area contributed by atoms with E-state index in [2.05, 4.69) is 27.7 Å². The number of ether oxygens (including phenoxy) is 1. The number of carbonyl (C=O) groups excluding carboxylic acids is 1. The summed E-state index contributed by atoms with van der Waals surface area (Å²) in [7, 11) is 0. The first-order chi connectivity index (χ1) is 10.6. The maximum absolute atomic E-state index is 11.8. The van der Waals surface area contributed by atoms with Crippen molar-refractivity contribution < 1.29 is 9.53 Å². The van der Waals surface area contributed by atoms with E-state index in [1.54, 1.807) is 0 Å². The van der Waals surface area contributed by atoms with E-state index in [1.807, 2.05) is 0 Å². The highest BCUT2D eigenvalue weighted by Gasteiger charge is 2.12. The van der Waals surface area contributed by atoms with Crippen molar-refractivity contribution in [2.45, 2.75) is 105 Å². The average molecular weight is 313 g/mol. The van der Waals surface area contributed by atoms with Crippen LogP contribution < -0.4 is 0 Å². The van der Waals surface area contributed by atoms with Crippen molar-refractivity contribution in [1.29, 1.82) is 0 Å². The third kappa shape index (κ3) is 13.2. The smallest absolute Gasteiger partial charge is 0.305 e. The normalized spacial score (nSPS) is 13.8. The highest BCUT2D eigenvalue weighted by molar-refractivity contribution is 5.69. The number of esters is 1. The highest BCUT2D eigenvalue weighted by atomic mass is 16.5. The lowest BCUT2D eigenvalue weighted by molar-refractivity contribution is -0.145. The van der Waals surface area contributed by atoms with Crippen molar-refractivity contribution in [3.05, 3.63) is 0 Å². The molecule has 0 radical (unpaired) electrons. The minimum Gasteiger partial charge on any atom is -0.465 e. The fraction of sp³-hybridized carbons (Fsp3) is 0.950. The van der Waals surface area contributed by atoms with Gasteiger partial charge in [-0.15, -0.1) is 0 Å². The maximum atomic E-state index is 11.8.